The lowest BCUT2D eigenvalue weighted by molar-refractivity contribution is -0.150. The second-order valence-corrected chi connectivity index (χ2v) is 13.6. The number of hydrogen-bond acceptors (Lipinski definition) is 9. The minimum absolute atomic E-state index is 0.214. The molecule has 1 heterocycles. The van der Waals surface area contributed by atoms with Crippen LogP contribution >= 0.6 is 0 Å². The zero-order valence-corrected chi connectivity index (χ0v) is 29.6. The van der Waals surface area contributed by atoms with Gasteiger partial charge in [0.25, 0.3) is 0 Å². The Hall–Kier alpha value is -3.92. The Morgan fingerprint density at radius 3 is 1.32 bits per heavy atom. The van der Waals surface area contributed by atoms with Crippen LogP contribution in [0.15, 0.2) is 72.8 Å². The van der Waals surface area contributed by atoms with Gasteiger partial charge in [0.2, 0.25) is 0 Å². The summed E-state index contributed by atoms with van der Waals surface area (Å²) in [5, 5.41) is 0. The summed E-state index contributed by atoms with van der Waals surface area (Å²) in [6, 6.07) is 20.1. The van der Waals surface area contributed by atoms with Gasteiger partial charge in [-0.1, -0.05) is 20.3 Å². The van der Waals surface area contributed by atoms with E-state index >= 15 is 0 Å². The van der Waals surface area contributed by atoms with Gasteiger partial charge >= 0.3 is 11.9 Å². The fourth-order valence-corrected chi connectivity index (χ4v) is 5.91. The van der Waals surface area contributed by atoms with E-state index in [2.05, 4.69) is 13.8 Å². The van der Waals surface area contributed by atoms with Gasteiger partial charge in [0.1, 0.15) is 23.0 Å². The van der Waals surface area contributed by atoms with Crippen molar-refractivity contribution in [1.82, 2.24) is 0 Å². The van der Waals surface area contributed by atoms with Gasteiger partial charge in [0.05, 0.1) is 50.8 Å². The van der Waals surface area contributed by atoms with Gasteiger partial charge in [-0.25, -0.2) is 9.59 Å². The molecule has 0 N–H and O–H groups in total. The van der Waals surface area contributed by atoms with Crippen LogP contribution in [0, 0.1) is 10.8 Å². The summed E-state index contributed by atoms with van der Waals surface area (Å²) in [6.45, 7) is 10.3. The van der Waals surface area contributed by atoms with Gasteiger partial charge in [-0.15, -0.1) is 0 Å². The first-order valence-electron chi connectivity index (χ1n) is 18.1. The maximum atomic E-state index is 12.7. The summed E-state index contributed by atoms with van der Waals surface area (Å²) in [6.07, 6.45) is 9.86. The minimum atomic E-state index is -0.496. The van der Waals surface area contributed by atoms with Crippen molar-refractivity contribution in [2.45, 2.75) is 71.6 Å². The molecule has 50 heavy (non-hydrogen) atoms. The second kappa shape index (κ2) is 18.9. The van der Waals surface area contributed by atoms with Crippen molar-refractivity contribution in [2.24, 2.45) is 10.8 Å². The summed E-state index contributed by atoms with van der Waals surface area (Å²) in [5.41, 5.74) is 1.45. The van der Waals surface area contributed by atoms with Crippen LogP contribution < -0.4 is 18.9 Å². The molecule has 5 rings (SSSR count). The second-order valence-electron chi connectivity index (χ2n) is 13.6. The highest BCUT2D eigenvalue weighted by Gasteiger charge is 2.37. The summed E-state index contributed by atoms with van der Waals surface area (Å²) < 4.78 is 39.7. The van der Waals surface area contributed by atoms with Crippen LogP contribution in [0.2, 0.25) is 0 Å². The predicted octanol–water partition coefficient (Wildman–Crippen LogP) is 8.48. The molecule has 3 aromatic carbocycles. The third-order valence-corrected chi connectivity index (χ3v) is 9.88. The summed E-state index contributed by atoms with van der Waals surface area (Å²) in [4.78, 5) is 25.4. The normalized spacial score (nSPS) is 15.7. The maximum Gasteiger partial charge on any atom is 0.343 e. The van der Waals surface area contributed by atoms with E-state index in [1.165, 1.54) is 25.7 Å². The summed E-state index contributed by atoms with van der Waals surface area (Å²) in [5.74, 6) is 1.08. The van der Waals surface area contributed by atoms with Crippen molar-refractivity contribution in [3.63, 3.8) is 0 Å². The molecule has 3 aromatic rings. The monoisotopic (exact) mass is 688 g/mol. The first kappa shape index (κ1) is 37.3. The fraction of sp³-hybridized carbons (Fsp3) is 0.512. The highest BCUT2D eigenvalue weighted by atomic mass is 16.5. The molecule has 2 aliphatic rings. The molecule has 0 bridgehead atoms. The molecular weight excluding hydrogens is 636 g/mol. The van der Waals surface area contributed by atoms with Gasteiger partial charge < -0.3 is 33.2 Å². The number of rotatable bonds is 22. The van der Waals surface area contributed by atoms with Crippen LogP contribution in [0.4, 0.5) is 0 Å². The van der Waals surface area contributed by atoms with Crippen molar-refractivity contribution >= 4 is 11.9 Å². The van der Waals surface area contributed by atoms with E-state index in [0.717, 1.165) is 65.1 Å². The topological polar surface area (TPSA) is 98.8 Å². The molecule has 0 radical (unpaired) electrons. The molecule has 9 nitrogen and oxygen atoms in total. The van der Waals surface area contributed by atoms with Crippen LogP contribution in [0.3, 0.4) is 0 Å². The molecule has 9 heteroatoms. The maximum absolute atomic E-state index is 12.7. The molecule has 1 aliphatic carbocycles. The average molecular weight is 689 g/mol. The lowest BCUT2D eigenvalue weighted by Gasteiger charge is -2.40. The highest BCUT2D eigenvalue weighted by Crippen LogP contribution is 2.43. The number of ether oxygens (including phenoxy) is 7. The molecule has 1 saturated heterocycles. The van der Waals surface area contributed by atoms with Gasteiger partial charge in [-0.2, -0.15) is 0 Å². The van der Waals surface area contributed by atoms with Crippen molar-refractivity contribution in [1.29, 1.82) is 0 Å². The molecule has 0 amide bonds. The molecule has 2 fully saturated rings. The van der Waals surface area contributed by atoms with Crippen LogP contribution in [-0.4, -0.2) is 64.8 Å². The Kier molecular flexibility index (Phi) is 14.1. The number of carbonyl (C=O) groups excluding carboxylic acids is 2. The lowest BCUT2D eigenvalue weighted by Crippen LogP contribution is -2.45. The number of benzene rings is 3. The quantitative estimate of drug-likeness (QED) is 0.0585. The minimum Gasteiger partial charge on any atom is -0.494 e. The lowest BCUT2D eigenvalue weighted by atomic mass is 9.68. The van der Waals surface area contributed by atoms with E-state index in [4.69, 9.17) is 33.2 Å². The molecule has 0 unspecified atom stereocenters. The first-order valence-corrected chi connectivity index (χ1v) is 18.1. The smallest absolute Gasteiger partial charge is 0.343 e. The van der Waals surface area contributed by atoms with E-state index in [-0.39, 0.29) is 5.41 Å². The Balaban J connectivity index is 0.940. The zero-order chi connectivity index (χ0) is 35.1. The van der Waals surface area contributed by atoms with E-state index in [9.17, 15) is 9.59 Å². The average Bonchev–Trinajstić information content (AvgIpc) is 3.10. The summed E-state index contributed by atoms with van der Waals surface area (Å²) in [7, 11) is 0. The fourth-order valence-electron chi connectivity index (χ4n) is 5.91. The third kappa shape index (κ3) is 11.0. The number of hydrogen-bond donors (Lipinski definition) is 0. The molecule has 1 aliphatic heterocycles. The summed E-state index contributed by atoms with van der Waals surface area (Å²) >= 11 is 0. The van der Waals surface area contributed by atoms with Crippen molar-refractivity contribution in [2.75, 3.05) is 52.9 Å². The number of esters is 2. The molecule has 1 saturated carbocycles. The van der Waals surface area contributed by atoms with Gasteiger partial charge in [-0.3, -0.25) is 0 Å². The SMILES string of the molecule is CCC1(COCCCCOc2ccc(C(=O)Oc3ccc(OC(=O)c4ccc(OCCCCOCC5(CC)COC5)cc4)cc3)cc2)CCC1. The predicted molar refractivity (Wildman–Crippen MR) is 190 cm³/mol. The van der Waals surface area contributed by atoms with Gasteiger partial charge in [0, 0.05) is 18.6 Å². The number of unbranched alkanes of at least 4 members (excludes halogenated alkanes) is 2. The van der Waals surface area contributed by atoms with Crippen LogP contribution in [-0.2, 0) is 14.2 Å². The number of carbonyl (C=O) groups is 2. The van der Waals surface area contributed by atoms with Crippen molar-refractivity contribution < 1.29 is 42.7 Å². The molecule has 0 aromatic heterocycles. The van der Waals surface area contributed by atoms with Crippen LogP contribution in [0.1, 0.15) is 92.4 Å². The van der Waals surface area contributed by atoms with Gasteiger partial charge in [-0.05, 0) is 130 Å². The standard InChI is InChI=1S/C41H52O9/c1-3-40(22-9-23-40)28-44-24-5-7-26-47-34-14-10-32(11-15-34)38(42)49-36-18-20-37(21-19-36)50-39(43)33-12-16-35(17-13-33)48-27-8-6-25-45-29-41(4-2)30-46-31-41/h10-21H,3-9,22-31H2,1-2H3. The Morgan fingerprint density at radius 2 is 0.960 bits per heavy atom. The highest BCUT2D eigenvalue weighted by molar-refractivity contribution is 5.92. The third-order valence-electron chi connectivity index (χ3n) is 9.88. The largest absolute Gasteiger partial charge is 0.494 e. The van der Waals surface area contributed by atoms with Gasteiger partial charge in [0.15, 0.2) is 0 Å². The Labute approximate surface area is 296 Å². The van der Waals surface area contributed by atoms with Crippen LogP contribution in [0.25, 0.3) is 0 Å². The van der Waals surface area contributed by atoms with Crippen molar-refractivity contribution in [3.8, 4) is 23.0 Å². The Bertz CT molecular complexity index is 1340. The molecule has 0 atom stereocenters. The van der Waals surface area contributed by atoms with E-state index in [0.29, 0.717) is 59.4 Å². The zero-order valence-electron chi connectivity index (χ0n) is 29.6. The van der Waals surface area contributed by atoms with Crippen LogP contribution in [0.5, 0.6) is 23.0 Å². The van der Waals surface area contributed by atoms with Crippen molar-refractivity contribution in [3.05, 3.63) is 83.9 Å². The molecule has 0 spiro atoms. The first-order chi connectivity index (χ1) is 24.4. The Morgan fingerprint density at radius 1 is 0.560 bits per heavy atom. The molecule has 270 valence electrons. The van der Waals surface area contributed by atoms with E-state index in [1.807, 2.05) is 0 Å². The van der Waals surface area contributed by atoms with E-state index < -0.39 is 11.9 Å². The molecular formula is C41H52O9. The van der Waals surface area contributed by atoms with E-state index in [1.54, 1.807) is 72.8 Å².